The number of benzene rings is 1. The zero-order chi connectivity index (χ0) is 12.8. The van der Waals surface area contributed by atoms with Gasteiger partial charge in [0.15, 0.2) is 0 Å². The first kappa shape index (κ1) is 13.4. The normalized spacial score (nSPS) is 16.3. The first-order valence-corrected chi connectivity index (χ1v) is 7.30. The maximum atomic E-state index is 3.49. The zero-order valence-corrected chi connectivity index (χ0v) is 11.8. The predicted molar refractivity (Wildman–Crippen MR) is 79.1 cm³/mol. The van der Waals surface area contributed by atoms with Crippen LogP contribution in [0.1, 0.15) is 38.7 Å². The molecule has 1 aliphatic rings. The molecule has 2 nitrogen and oxygen atoms in total. The van der Waals surface area contributed by atoms with E-state index in [1.807, 2.05) is 0 Å². The van der Waals surface area contributed by atoms with Crippen molar-refractivity contribution in [2.45, 2.75) is 39.7 Å². The van der Waals surface area contributed by atoms with Gasteiger partial charge in [-0.1, -0.05) is 26.0 Å². The molecule has 0 unspecified atom stereocenters. The van der Waals surface area contributed by atoms with Gasteiger partial charge >= 0.3 is 0 Å². The topological polar surface area (TPSA) is 15.3 Å². The molecular weight excluding hydrogens is 220 g/mol. The van der Waals surface area contributed by atoms with Crippen LogP contribution in [0, 0.1) is 5.92 Å². The molecule has 1 saturated heterocycles. The summed E-state index contributed by atoms with van der Waals surface area (Å²) in [6.07, 6.45) is 4.09. The standard InChI is InChI=1S/C16H26N2/c1-14(2)12-17-13-15-6-8-16(9-7-15)18-10-4-3-5-11-18/h6-9,14,17H,3-5,10-13H2,1-2H3. The predicted octanol–water partition coefficient (Wildman–Crippen LogP) is 3.42. The van der Waals surface area contributed by atoms with Crippen LogP contribution in [0.4, 0.5) is 5.69 Å². The van der Waals surface area contributed by atoms with E-state index in [1.54, 1.807) is 0 Å². The van der Waals surface area contributed by atoms with Crippen LogP contribution in [0.3, 0.4) is 0 Å². The fourth-order valence-corrected chi connectivity index (χ4v) is 2.48. The van der Waals surface area contributed by atoms with Gasteiger partial charge in [0.05, 0.1) is 0 Å². The van der Waals surface area contributed by atoms with Crippen molar-refractivity contribution in [3.8, 4) is 0 Å². The van der Waals surface area contributed by atoms with Crippen molar-refractivity contribution >= 4 is 5.69 Å². The van der Waals surface area contributed by atoms with Gasteiger partial charge in [-0.05, 0) is 49.4 Å². The molecule has 1 N–H and O–H groups in total. The number of nitrogens with one attached hydrogen (secondary N) is 1. The molecule has 2 heteroatoms. The van der Waals surface area contributed by atoms with Gasteiger partial charge in [0, 0.05) is 25.3 Å². The van der Waals surface area contributed by atoms with Crippen LogP contribution >= 0.6 is 0 Å². The van der Waals surface area contributed by atoms with E-state index in [0.29, 0.717) is 0 Å². The Morgan fingerprint density at radius 2 is 1.72 bits per heavy atom. The summed E-state index contributed by atoms with van der Waals surface area (Å²) in [6, 6.07) is 9.07. The fraction of sp³-hybridized carbons (Fsp3) is 0.625. The summed E-state index contributed by atoms with van der Waals surface area (Å²) >= 11 is 0. The molecule has 1 aromatic carbocycles. The third kappa shape index (κ3) is 4.02. The van der Waals surface area contributed by atoms with Crippen LogP contribution < -0.4 is 10.2 Å². The van der Waals surface area contributed by atoms with Crippen molar-refractivity contribution in [1.29, 1.82) is 0 Å². The molecule has 1 heterocycles. The second-order valence-electron chi connectivity index (χ2n) is 5.74. The molecule has 2 rings (SSSR count). The van der Waals surface area contributed by atoms with Crippen molar-refractivity contribution in [3.05, 3.63) is 29.8 Å². The van der Waals surface area contributed by atoms with E-state index in [4.69, 9.17) is 0 Å². The van der Waals surface area contributed by atoms with Gasteiger partial charge in [0.25, 0.3) is 0 Å². The molecule has 0 aliphatic carbocycles. The Hall–Kier alpha value is -1.02. The number of anilines is 1. The summed E-state index contributed by atoms with van der Waals surface area (Å²) in [5.41, 5.74) is 2.78. The Morgan fingerprint density at radius 1 is 1.06 bits per heavy atom. The Bertz CT molecular complexity index is 337. The Labute approximate surface area is 111 Å². The monoisotopic (exact) mass is 246 g/mol. The summed E-state index contributed by atoms with van der Waals surface area (Å²) in [5, 5.41) is 3.49. The average molecular weight is 246 g/mol. The molecule has 18 heavy (non-hydrogen) atoms. The van der Waals surface area contributed by atoms with Gasteiger partial charge in [-0.25, -0.2) is 0 Å². The van der Waals surface area contributed by atoms with Crippen LogP contribution in [0.5, 0.6) is 0 Å². The lowest BCUT2D eigenvalue weighted by Gasteiger charge is -2.28. The molecule has 100 valence electrons. The Morgan fingerprint density at radius 3 is 2.33 bits per heavy atom. The van der Waals surface area contributed by atoms with Crippen molar-refractivity contribution in [1.82, 2.24) is 5.32 Å². The second kappa shape index (κ2) is 6.79. The molecule has 1 aromatic rings. The highest BCUT2D eigenvalue weighted by Crippen LogP contribution is 2.20. The van der Waals surface area contributed by atoms with Crippen LogP contribution in [0.15, 0.2) is 24.3 Å². The summed E-state index contributed by atoms with van der Waals surface area (Å²) < 4.78 is 0. The van der Waals surface area contributed by atoms with Gasteiger partial charge in [0.2, 0.25) is 0 Å². The maximum Gasteiger partial charge on any atom is 0.0366 e. The molecule has 0 aromatic heterocycles. The molecule has 0 spiro atoms. The van der Waals surface area contributed by atoms with Gasteiger partial charge in [-0.2, -0.15) is 0 Å². The van der Waals surface area contributed by atoms with E-state index >= 15 is 0 Å². The summed E-state index contributed by atoms with van der Waals surface area (Å²) in [7, 11) is 0. The molecule has 0 radical (unpaired) electrons. The quantitative estimate of drug-likeness (QED) is 0.856. The van der Waals surface area contributed by atoms with E-state index in [9.17, 15) is 0 Å². The summed E-state index contributed by atoms with van der Waals surface area (Å²) in [6.45, 7) is 9.02. The van der Waals surface area contributed by atoms with E-state index in [2.05, 4.69) is 48.3 Å². The lowest BCUT2D eigenvalue weighted by Crippen LogP contribution is -2.29. The van der Waals surface area contributed by atoms with Crippen LogP contribution in [0.2, 0.25) is 0 Å². The van der Waals surface area contributed by atoms with Crippen molar-refractivity contribution in [3.63, 3.8) is 0 Å². The Kier molecular flexibility index (Phi) is 5.06. The molecule has 0 bridgehead atoms. The van der Waals surface area contributed by atoms with E-state index in [1.165, 1.54) is 43.6 Å². The van der Waals surface area contributed by atoms with Gasteiger partial charge in [-0.3, -0.25) is 0 Å². The Balaban J connectivity index is 1.84. The number of piperidine rings is 1. The number of nitrogens with zero attached hydrogens (tertiary/aromatic N) is 1. The van der Waals surface area contributed by atoms with Crippen LogP contribution in [-0.4, -0.2) is 19.6 Å². The van der Waals surface area contributed by atoms with Gasteiger partial charge < -0.3 is 10.2 Å². The smallest absolute Gasteiger partial charge is 0.0366 e. The second-order valence-corrected chi connectivity index (χ2v) is 5.74. The lowest BCUT2D eigenvalue weighted by atomic mass is 10.1. The summed E-state index contributed by atoms with van der Waals surface area (Å²) in [4.78, 5) is 2.51. The van der Waals surface area contributed by atoms with Crippen molar-refractivity contribution in [2.75, 3.05) is 24.5 Å². The first-order valence-electron chi connectivity index (χ1n) is 7.30. The molecule has 1 fully saturated rings. The minimum atomic E-state index is 0.720. The van der Waals surface area contributed by atoms with Crippen molar-refractivity contribution < 1.29 is 0 Å². The van der Waals surface area contributed by atoms with E-state index in [-0.39, 0.29) is 0 Å². The lowest BCUT2D eigenvalue weighted by molar-refractivity contribution is 0.552. The van der Waals surface area contributed by atoms with Gasteiger partial charge in [-0.15, -0.1) is 0 Å². The highest BCUT2D eigenvalue weighted by Gasteiger charge is 2.10. The summed E-state index contributed by atoms with van der Waals surface area (Å²) in [5.74, 6) is 0.720. The van der Waals surface area contributed by atoms with E-state index in [0.717, 1.165) is 19.0 Å². The first-order chi connectivity index (χ1) is 8.75. The third-order valence-corrected chi connectivity index (χ3v) is 3.54. The van der Waals surface area contributed by atoms with Crippen LogP contribution in [-0.2, 0) is 6.54 Å². The number of hydrogen-bond acceptors (Lipinski definition) is 2. The molecule has 0 atom stereocenters. The molecule has 0 amide bonds. The molecule has 0 saturated carbocycles. The average Bonchev–Trinajstić information content (AvgIpc) is 2.40. The largest absolute Gasteiger partial charge is 0.372 e. The fourth-order valence-electron chi connectivity index (χ4n) is 2.48. The third-order valence-electron chi connectivity index (χ3n) is 3.54. The van der Waals surface area contributed by atoms with Crippen LogP contribution in [0.25, 0.3) is 0 Å². The molecule has 1 aliphatic heterocycles. The minimum Gasteiger partial charge on any atom is -0.372 e. The van der Waals surface area contributed by atoms with Crippen molar-refractivity contribution in [2.24, 2.45) is 5.92 Å². The van der Waals surface area contributed by atoms with Gasteiger partial charge in [0.1, 0.15) is 0 Å². The number of hydrogen-bond donors (Lipinski definition) is 1. The van der Waals surface area contributed by atoms with E-state index < -0.39 is 0 Å². The highest BCUT2D eigenvalue weighted by atomic mass is 15.1. The maximum absolute atomic E-state index is 3.49. The minimum absolute atomic E-state index is 0.720. The SMILES string of the molecule is CC(C)CNCc1ccc(N2CCCCC2)cc1. The number of rotatable bonds is 5. The molecular formula is C16H26N2. The highest BCUT2D eigenvalue weighted by molar-refractivity contribution is 5.47. The zero-order valence-electron chi connectivity index (χ0n) is 11.8.